The predicted molar refractivity (Wildman–Crippen MR) is 74.4 cm³/mol. The van der Waals surface area contributed by atoms with Gasteiger partial charge in [0.05, 0.1) is 5.92 Å². The summed E-state index contributed by atoms with van der Waals surface area (Å²) in [7, 11) is 0. The maximum Gasteiger partial charge on any atom is 0.392 e. The number of alkyl halides is 3. The average Bonchev–Trinajstić information content (AvgIpc) is 2.46. The summed E-state index contributed by atoms with van der Waals surface area (Å²) in [5, 5.41) is 0. The number of amides is 1. The Bertz CT molecular complexity index is 372. The Kier molecular flexibility index (Phi) is 5.17. The molecule has 2 rings (SSSR count). The molecule has 21 heavy (non-hydrogen) atoms. The summed E-state index contributed by atoms with van der Waals surface area (Å²) < 4.78 is 39.4. The van der Waals surface area contributed by atoms with E-state index in [0.29, 0.717) is 44.8 Å². The van der Waals surface area contributed by atoms with Gasteiger partial charge in [-0.1, -0.05) is 19.8 Å². The molecule has 0 aromatic rings. The second-order valence-electron chi connectivity index (χ2n) is 6.59. The number of nitrogens with zero attached hydrogens (tertiary/aromatic N) is 1. The molecular weight excluding hydrogens is 281 g/mol. The van der Waals surface area contributed by atoms with Crippen molar-refractivity contribution in [2.45, 2.75) is 45.2 Å². The van der Waals surface area contributed by atoms with E-state index in [0.717, 1.165) is 6.42 Å². The van der Waals surface area contributed by atoms with E-state index in [1.165, 1.54) is 0 Å². The fourth-order valence-corrected chi connectivity index (χ4v) is 3.71. The Hall–Kier alpha value is -0.780. The zero-order valence-corrected chi connectivity index (χ0v) is 12.5. The van der Waals surface area contributed by atoms with Crippen molar-refractivity contribution in [1.29, 1.82) is 0 Å². The fourth-order valence-electron chi connectivity index (χ4n) is 3.71. The van der Waals surface area contributed by atoms with Crippen LogP contribution in [0.25, 0.3) is 0 Å². The van der Waals surface area contributed by atoms with Crippen molar-refractivity contribution in [3.63, 3.8) is 0 Å². The molecule has 0 aromatic heterocycles. The summed E-state index contributed by atoms with van der Waals surface area (Å²) in [5.74, 6) is -2.01. The zero-order chi connectivity index (χ0) is 15.6. The van der Waals surface area contributed by atoms with Crippen LogP contribution < -0.4 is 5.73 Å². The van der Waals surface area contributed by atoms with E-state index in [9.17, 15) is 18.0 Å². The van der Waals surface area contributed by atoms with Gasteiger partial charge >= 0.3 is 6.18 Å². The molecule has 1 amide bonds. The molecule has 6 heteroatoms. The largest absolute Gasteiger partial charge is 0.392 e. The maximum atomic E-state index is 13.1. The van der Waals surface area contributed by atoms with E-state index in [1.807, 2.05) is 0 Å². The summed E-state index contributed by atoms with van der Waals surface area (Å²) in [6.07, 6.45) is -1.70. The van der Waals surface area contributed by atoms with Crippen molar-refractivity contribution in [3.8, 4) is 0 Å². The van der Waals surface area contributed by atoms with Gasteiger partial charge < -0.3 is 10.6 Å². The van der Waals surface area contributed by atoms with E-state index in [2.05, 4.69) is 6.92 Å². The first-order chi connectivity index (χ1) is 9.84. The molecule has 0 radical (unpaired) electrons. The van der Waals surface area contributed by atoms with Crippen LogP contribution in [0.4, 0.5) is 13.2 Å². The van der Waals surface area contributed by atoms with Crippen LogP contribution in [0.1, 0.15) is 39.0 Å². The molecule has 4 unspecified atom stereocenters. The van der Waals surface area contributed by atoms with Crippen LogP contribution in [0, 0.1) is 23.7 Å². The number of halogens is 3. The van der Waals surface area contributed by atoms with Gasteiger partial charge in [0.15, 0.2) is 0 Å². The quantitative estimate of drug-likeness (QED) is 0.852. The first kappa shape index (κ1) is 16.6. The molecule has 4 atom stereocenters. The molecule has 1 heterocycles. The molecule has 0 bridgehead atoms. The summed E-state index contributed by atoms with van der Waals surface area (Å²) in [4.78, 5) is 14.2. The third kappa shape index (κ3) is 3.71. The lowest BCUT2D eigenvalue weighted by molar-refractivity contribution is -0.201. The van der Waals surface area contributed by atoms with Crippen LogP contribution >= 0.6 is 0 Å². The molecule has 0 spiro atoms. The Balaban J connectivity index is 2.07. The monoisotopic (exact) mass is 306 g/mol. The second kappa shape index (κ2) is 6.55. The van der Waals surface area contributed by atoms with Crippen molar-refractivity contribution in [2.75, 3.05) is 19.6 Å². The van der Waals surface area contributed by atoms with E-state index >= 15 is 0 Å². The Morgan fingerprint density at radius 2 is 1.90 bits per heavy atom. The molecule has 122 valence electrons. The number of rotatable bonds is 2. The predicted octanol–water partition coefficient (Wildman–Crippen LogP) is 2.80. The maximum absolute atomic E-state index is 13.1. The minimum atomic E-state index is -4.27. The number of carbonyl (C=O) groups is 1. The number of hydrogen-bond acceptors (Lipinski definition) is 2. The highest BCUT2D eigenvalue weighted by molar-refractivity contribution is 5.79. The van der Waals surface area contributed by atoms with E-state index in [-0.39, 0.29) is 18.2 Å². The zero-order valence-electron chi connectivity index (χ0n) is 12.5. The number of hydrogen-bond donors (Lipinski definition) is 1. The summed E-state index contributed by atoms with van der Waals surface area (Å²) in [5.41, 5.74) is 5.71. The lowest BCUT2D eigenvalue weighted by Crippen LogP contribution is -2.50. The van der Waals surface area contributed by atoms with Crippen LogP contribution in [0.3, 0.4) is 0 Å². The molecule has 2 aliphatic rings. The SMILES string of the molecule is CC1CCN(C(=O)C2CCCCC2C(F)(F)F)CC1CN. The highest BCUT2D eigenvalue weighted by Crippen LogP contribution is 2.42. The van der Waals surface area contributed by atoms with Gasteiger partial charge in [0, 0.05) is 19.0 Å². The minimum absolute atomic E-state index is 0.0878. The van der Waals surface area contributed by atoms with Crippen LogP contribution in [-0.4, -0.2) is 36.6 Å². The van der Waals surface area contributed by atoms with E-state index in [1.54, 1.807) is 4.90 Å². The topological polar surface area (TPSA) is 46.3 Å². The molecule has 2 N–H and O–H groups in total. The first-order valence-electron chi connectivity index (χ1n) is 7.90. The van der Waals surface area contributed by atoms with Crippen molar-refractivity contribution >= 4 is 5.91 Å². The summed E-state index contributed by atoms with van der Waals surface area (Å²) in [6, 6.07) is 0. The van der Waals surface area contributed by atoms with Crippen LogP contribution in [0.15, 0.2) is 0 Å². The lowest BCUT2D eigenvalue weighted by Gasteiger charge is -2.41. The molecule has 1 aliphatic carbocycles. The minimum Gasteiger partial charge on any atom is -0.342 e. The van der Waals surface area contributed by atoms with Gasteiger partial charge in [-0.3, -0.25) is 4.79 Å². The van der Waals surface area contributed by atoms with Crippen LogP contribution in [0.2, 0.25) is 0 Å². The molecule has 1 saturated heterocycles. The third-order valence-corrected chi connectivity index (χ3v) is 5.23. The van der Waals surface area contributed by atoms with Gasteiger partial charge in [-0.05, 0) is 37.6 Å². The van der Waals surface area contributed by atoms with Crippen molar-refractivity contribution < 1.29 is 18.0 Å². The highest BCUT2D eigenvalue weighted by Gasteiger charge is 2.49. The number of nitrogens with two attached hydrogens (primary N) is 1. The number of carbonyl (C=O) groups excluding carboxylic acids is 1. The van der Waals surface area contributed by atoms with E-state index < -0.39 is 18.0 Å². The lowest BCUT2D eigenvalue weighted by atomic mass is 9.77. The van der Waals surface area contributed by atoms with Gasteiger partial charge in [-0.25, -0.2) is 0 Å². The van der Waals surface area contributed by atoms with Gasteiger partial charge in [0.1, 0.15) is 0 Å². The van der Waals surface area contributed by atoms with Gasteiger partial charge in [-0.2, -0.15) is 13.2 Å². The van der Waals surface area contributed by atoms with Crippen LogP contribution in [0.5, 0.6) is 0 Å². The van der Waals surface area contributed by atoms with Crippen LogP contribution in [-0.2, 0) is 4.79 Å². The van der Waals surface area contributed by atoms with Crippen molar-refractivity contribution in [1.82, 2.24) is 4.90 Å². The van der Waals surface area contributed by atoms with E-state index in [4.69, 9.17) is 5.73 Å². The van der Waals surface area contributed by atoms with Gasteiger partial charge in [0.2, 0.25) is 5.91 Å². The molecule has 1 aliphatic heterocycles. The smallest absolute Gasteiger partial charge is 0.342 e. The van der Waals surface area contributed by atoms with Crippen molar-refractivity contribution in [2.24, 2.45) is 29.4 Å². The molecule has 0 aromatic carbocycles. The third-order valence-electron chi connectivity index (χ3n) is 5.23. The molecule has 2 fully saturated rings. The van der Waals surface area contributed by atoms with Crippen molar-refractivity contribution in [3.05, 3.63) is 0 Å². The normalized spacial score (nSPS) is 34.8. The Labute approximate surface area is 124 Å². The molecular formula is C15H25F3N2O. The average molecular weight is 306 g/mol. The standard InChI is InChI=1S/C15H25F3N2O/c1-10-6-7-20(9-11(10)8-19)14(21)12-4-2-3-5-13(12)15(16,17)18/h10-13H,2-9,19H2,1H3. The van der Waals surface area contributed by atoms with Gasteiger partial charge in [0.25, 0.3) is 0 Å². The Morgan fingerprint density at radius 1 is 1.24 bits per heavy atom. The van der Waals surface area contributed by atoms with Gasteiger partial charge in [-0.15, -0.1) is 0 Å². The Morgan fingerprint density at radius 3 is 2.52 bits per heavy atom. The first-order valence-corrected chi connectivity index (χ1v) is 7.90. The summed E-state index contributed by atoms with van der Waals surface area (Å²) in [6.45, 7) is 3.66. The fraction of sp³-hybridized carbons (Fsp3) is 0.933. The second-order valence-corrected chi connectivity index (χ2v) is 6.59. The number of likely N-dealkylation sites (tertiary alicyclic amines) is 1. The summed E-state index contributed by atoms with van der Waals surface area (Å²) >= 11 is 0. The molecule has 1 saturated carbocycles. The number of piperidine rings is 1. The highest BCUT2D eigenvalue weighted by atomic mass is 19.4. The molecule has 3 nitrogen and oxygen atoms in total.